The first-order valence-electron chi connectivity index (χ1n) is 5.15. The third-order valence-corrected chi connectivity index (χ3v) is 3.66. The first-order valence-corrected chi connectivity index (χ1v) is 7.46. The summed E-state index contributed by atoms with van der Waals surface area (Å²) < 4.78 is 27.5. The number of rotatable bonds is 5. The van der Waals surface area contributed by atoms with Gasteiger partial charge in [-0.25, -0.2) is 8.42 Å². The van der Waals surface area contributed by atoms with Crippen molar-refractivity contribution in [3.8, 4) is 5.75 Å². The maximum Gasteiger partial charge on any atom is 0.312 e. The van der Waals surface area contributed by atoms with Crippen LogP contribution in [0.1, 0.15) is 20.3 Å². The highest BCUT2D eigenvalue weighted by Gasteiger charge is 2.21. The molecule has 0 N–H and O–H groups in total. The Morgan fingerprint density at radius 3 is 2.56 bits per heavy atom. The van der Waals surface area contributed by atoms with Crippen molar-refractivity contribution in [3.63, 3.8) is 0 Å². The zero-order chi connectivity index (χ0) is 13.9. The molecule has 1 aromatic rings. The highest BCUT2D eigenvalue weighted by Crippen LogP contribution is 2.31. The molecule has 0 saturated carbocycles. The van der Waals surface area contributed by atoms with Crippen molar-refractivity contribution in [2.24, 2.45) is 0 Å². The fourth-order valence-electron chi connectivity index (χ4n) is 1.19. The van der Waals surface area contributed by atoms with Crippen LogP contribution in [0.2, 0.25) is 0 Å². The van der Waals surface area contributed by atoms with Gasteiger partial charge in [0.25, 0.3) is 9.05 Å². The maximum atomic E-state index is 11.1. The summed E-state index contributed by atoms with van der Waals surface area (Å²) in [6.07, 6.45) is 0.467. The van der Waals surface area contributed by atoms with Gasteiger partial charge >= 0.3 is 5.69 Å². The van der Waals surface area contributed by atoms with Crippen LogP contribution in [0.15, 0.2) is 23.1 Å². The molecule has 18 heavy (non-hydrogen) atoms. The lowest BCUT2D eigenvalue weighted by molar-refractivity contribution is -0.386. The molecule has 1 aromatic carbocycles. The van der Waals surface area contributed by atoms with Crippen LogP contribution in [0.3, 0.4) is 0 Å². The third-order valence-electron chi connectivity index (χ3n) is 2.31. The second-order valence-corrected chi connectivity index (χ2v) is 6.23. The number of nitro benzene ring substituents is 1. The summed E-state index contributed by atoms with van der Waals surface area (Å²) in [4.78, 5) is 9.83. The summed E-state index contributed by atoms with van der Waals surface area (Å²) in [5, 5.41) is 10.9. The number of halogens is 1. The van der Waals surface area contributed by atoms with Gasteiger partial charge in [0.15, 0.2) is 5.75 Å². The van der Waals surface area contributed by atoms with Crippen LogP contribution in [0.4, 0.5) is 5.69 Å². The van der Waals surface area contributed by atoms with Gasteiger partial charge in [-0.2, -0.15) is 0 Å². The van der Waals surface area contributed by atoms with Crippen molar-refractivity contribution < 1.29 is 18.1 Å². The molecule has 0 spiro atoms. The number of ether oxygens (including phenoxy) is 1. The number of benzene rings is 1. The van der Waals surface area contributed by atoms with E-state index in [4.69, 9.17) is 15.4 Å². The molecule has 0 amide bonds. The van der Waals surface area contributed by atoms with Crippen LogP contribution in [-0.4, -0.2) is 19.4 Å². The van der Waals surface area contributed by atoms with E-state index in [-0.39, 0.29) is 16.7 Å². The molecule has 0 saturated heterocycles. The van der Waals surface area contributed by atoms with Crippen molar-refractivity contribution >= 4 is 25.4 Å². The Labute approximate surface area is 109 Å². The van der Waals surface area contributed by atoms with Crippen LogP contribution in [0.5, 0.6) is 5.75 Å². The molecule has 0 aliphatic heterocycles. The molecule has 0 fully saturated rings. The highest BCUT2D eigenvalue weighted by atomic mass is 35.7. The molecular weight excluding hydrogens is 282 g/mol. The Morgan fingerprint density at radius 1 is 1.50 bits per heavy atom. The normalized spacial score (nSPS) is 13.1. The Kier molecular flexibility index (Phi) is 4.53. The maximum absolute atomic E-state index is 11.1. The standard InChI is InChI=1S/C10H12ClNO5S/c1-3-7(2)17-10-5-4-8(18(11,15)16)6-9(10)12(13)14/h4-7H,3H2,1-2H3/t7-/m1/s1. The quantitative estimate of drug-likeness (QED) is 0.473. The van der Waals surface area contributed by atoms with Crippen molar-refractivity contribution in [1.82, 2.24) is 0 Å². The molecule has 0 aliphatic rings. The predicted molar refractivity (Wildman–Crippen MR) is 66.5 cm³/mol. The van der Waals surface area contributed by atoms with Gasteiger partial charge in [0, 0.05) is 16.7 Å². The molecule has 0 aromatic heterocycles. The minimum absolute atomic E-state index is 0.0263. The van der Waals surface area contributed by atoms with E-state index in [1.807, 2.05) is 6.92 Å². The highest BCUT2D eigenvalue weighted by molar-refractivity contribution is 8.13. The van der Waals surface area contributed by atoms with Crippen molar-refractivity contribution in [1.29, 1.82) is 0 Å². The smallest absolute Gasteiger partial charge is 0.312 e. The fourth-order valence-corrected chi connectivity index (χ4v) is 1.96. The molecular formula is C10H12ClNO5S. The van der Waals surface area contributed by atoms with Crippen molar-refractivity contribution in [2.45, 2.75) is 31.3 Å². The van der Waals surface area contributed by atoms with Gasteiger partial charge in [0.2, 0.25) is 0 Å². The topological polar surface area (TPSA) is 86.5 Å². The van der Waals surface area contributed by atoms with Gasteiger partial charge in [0.05, 0.1) is 15.9 Å². The zero-order valence-electron chi connectivity index (χ0n) is 9.79. The number of hydrogen-bond acceptors (Lipinski definition) is 5. The molecule has 6 nitrogen and oxygen atoms in total. The van der Waals surface area contributed by atoms with E-state index in [0.717, 1.165) is 6.07 Å². The van der Waals surface area contributed by atoms with E-state index in [1.54, 1.807) is 6.92 Å². The molecule has 100 valence electrons. The van der Waals surface area contributed by atoms with Gasteiger partial charge in [-0.15, -0.1) is 0 Å². The third kappa shape index (κ3) is 3.58. The molecule has 0 radical (unpaired) electrons. The summed E-state index contributed by atoms with van der Waals surface area (Å²) in [6, 6.07) is 3.30. The van der Waals surface area contributed by atoms with Crippen LogP contribution < -0.4 is 4.74 Å². The van der Waals surface area contributed by atoms with Gasteiger partial charge < -0.3 is 4.74 Å². The van der Waals surface area contributed by atoms with Gasteiger partial charge in [-0.05, 0) is 25.5 Å². The SMILES string of the molecule is CC[C@@H](C)Oc1ccc(S(=O)(=O)Cl)cc1[N+](=O)[O-]. The first-order chi connectivity index (χ1) is 8.25. The average Bonchev–Trinajstić information content (AvgIpc) is 2.27. The second kappa shape index (κ2) is 5.53. The summed E-state index contributed by atoms with van der Waals surface area (Å²) in [5.41, 5.74) is -0.419. The molecule has 0 heterocycles. The fraction of sp³-hybridized carbons (Fsp3) is 0.400. The molecule has 0 unspecified atom stereocenters. The first kappa shape index (κ1) is 14.7. The molecule has 1 atom stereocenters. The molecule has 0 aliphatic carbocycles. The Balaban J connectivity index is 3.25. The lowest BCUT2D eigenvalue weighted by atomic mass is 10.2. The lowest BCUT2D eigenvalue weighted by Gasteiger charge is -2.12. The zero-order valence-corrected chi connectivity index (χ0v) is 11.4. The van der Waals surface area contributed by atoms with E-state index in [9.17, 15) is 18.5 Å². The van der Waals surface area contributed by atoms with E-state index >= 15 is 0 Å². The molecule has 8 heteroatoms. The summed E-state index contributed by atoms with van der Waals surface area (Å²) in [7, 11) is 1.13. The number of nitro groups is 1. The van der Waals surface area contributed by atoms with Crippen LogP contribution >= 0.6 is 10.7 Å². The van der Waals surface area contributed by atoms with E-state index in [0.29, 0.717) is 6.42 Å². The van der Waals surface area contributed by atoms with Crippen LogP contribution in [0, 0.1) is 10.1 Å². The van der Waals surface area contributed by atoms with Gasteiger partial charge in [-0.3, -0.25) is 10.1 Å². The summed E-state index contributed by atoms with van der Waals surface area (Å²) >= 11 is 0. The van der Waals surface area contributed by atoms with E-state index < -0.39 is 19.7 Å². The minimum Gasteiger partial charge on any atom is -0.484 e. The van der Waals surface area contributed by atoms with Gasteiger partial charge in [0.1, 0.15) is 0 Å². The Bertz CT molecular complexity index is 557. The average molecular weight is 294 g/mol. The second-order valence-electron chi connectivity index (χ2n) is 3.66. The Morgan fingerprint density at radius 2 is 2.11 bits per heavy atom. The van der Waals surface area contributed by atoms with Crippen LogP contribution in [0.25, 0.3) is 0 Å². The largest absolute Gasteiger partial charge is 0.484 e. The van der Waals surface area contributed by atoms with Gasteiger partial charge in [-0.1, -0.05) is 6.92 Å². The lowest BCUT2D eigenvalue weighted by Crippen LogP contribution is -2.11. The summed E-state index contributed by atoms with van der Waals surface area (Å²) in [6.45, 7) is 3.63. The monoisotopic (exact) mass is 293 g/mol. The van der Waals surface area contributed by atoms with Crippen LogP contribution in [-0.2, 0) is 9.05 Å². The number of nitrogens with zero attached hydrogens (tertiary/aromatic N) is 1. The predicted octanol–water partition coefficient (Wildman–Crippen LogP) is 2.70. The van der Waals surface area contributed by atoms with E-state index in [1.165, 1.54) is 12.1 Å². The van der Waals surface area contributed by atoms with Crippen molar-refractivity contribution in [3.05, 3.63) is 28.3 Å². The van der Waals surface area contributed by atoms with E-state index in [2.05, 4.69) is 0 Å². The summed E-state index contributed by atoms with van der Waals surface area (Å²) in [5.74, 6) is 0.0263. The van der Waals surface area contributed by atoms with Crippen molar-refractivity contribution in [2.75, 3.05) is 0 Å². The molecule has 0 bridgehead atoms. The minimum atomic E-state index is -4.00. The molecule has 1 rings (SSSR count). The Hall–Kier alpha value is -1.34. The number of hydrogen-bond donors (Lipinski definition) is 0.